The Morgan fingerprint density at radius 2 is 1.53 bits per heavy atom. The van der Waals surface area contributed by atoms with Crippen LogP contribution in [0.4, 0.5) is 11.4 Å². The van der Waals surface area contributed by atoms with Gasteiger partial charge in [0.2, 0.25) is 5.91 Å². The molecule has 0 saturated heterocycles. The summed E-state index contributed by atoms with van der Waals surface area (Å²) in [5.74, 6) is -0.717. The normalized spacial score (nSPS) is 11.0. The molecule has 0 spiro atoms. The minimum Gasteiger partial charge on any atom is -0.325 e. The zero-order valence-electron chi connectivity index (χ0n) is 15.6. The van der Waals surface area contributed by atoms with Crippen molar-refractivity contribution >= 4 is 56.3 Å². The summed E-state index contributed by atoms with van der Waals surface area (Å²) < 4.78 is 28.2. The molecular weight excluding hydrogens is 447 g/mol. The van der Waals surface area contributed by atoms with E-state index in [4.69, 9.17) is 23.2 Å². The second-order valence-electron chi connectivity index (χ2n) is 6.31. The first-order valence-corrected chi connectivity index (χ1v) is 10.9. The molecule has 0 aromatic heterocycles. The molecule has 154 valence electrons. The van der Waals surface area contributed by atoms with Gasteiger partial charge in [-0.1, -0.05) is 53.5 Å². The molecule has 1 amide bonds. The smallest absolute Gasteiger partial charge is 0.261 e. The summed E-state index contributed by atoms with van der Waals surface area (Å²) in [5, 5.41) is 2.86. The molecule has 0 atom stereocenters. The van der Waals surface area contributed by atoms with Crippen LogP contribution in [-0.2, 0) is 14.8 Å². The largest absolute Gasteiger partial charge is 0.325 e. The van der Waals surface area contributed by atoms with Gasteiger partial charge in [0, 0.05) is 23.1 Å². The number of rotatable bonds is 6. The lowest BCUT2D eigenvalue weighted by atomic mass is 10.0. The minimum absolute atomic E-state index is 0.0600. The maximum absolute atomic E-state index is 12.9. The monoisotopic (exact) mass is 462 g/mol. The van der Waals surface area contributed by atoms with Crippen LogP contribution in [0.3, 0.4) is 0 Å². The van der Waals surface area contributed by atoms with E-state index in [9.17, 15) is 18.0 Å². The van der Waals surface area contributed by atoms with Gasteiger partial charge in [0.05, 0.1) is 21.3 Å². The quantitative estimate of drug-likeness (QED) is 0.504. The van der Waals surface area contributed by atoms with Crippen molar-refractivity contribution in [1.82, 2.24) is 0 Å². The molecule has 0 aliphatic heterocycles. The van der Waals surface area contributed by atoms with Crippen LogP contribution in [0, 0.1) is 0 Å². The van der Waals surface area contributed by atoms with E-state index in [1.165, 1.54) is 43.3 Å². The zero-order chi connectivity index (χ0) is 21.9. The van der Waals surface area contributed by atoms with Crippen LogP contribution in [0.1, 0.15) is 22.8 Å². The molecule has 0 aliphatic rings. The third-order valence-electron chi connectivity index (χ3n) is 4.07. The molecule has 3 rings (SSSR count). The van der Waals surface area contributed by atoms with Crippen molar-refractivity contribution in [3.63, 3.8) is 0 Å². The van der Waals surface area contributed by atoms with Gasteiger partial charge in [-0.3, -0.25) is 14.3 Å². The van der Waals surface area contributed by atoms with E-state index < -0.39 is 10.0 Å². The van der Waals surface area contributed by atoms with Crippen molar-refractivity contribution < 1.29 is 18.0 Å². The van der Waals surface area contributed by atoms with Gasteiger partial charge in [-0.15, -0.1) is 0 Å². The van der Waals surface area contributed by atoms with Crippen LogP contribution in [0.25, 0.3) is 0 Å². The number of ketones is 1. The molecular formula is C21H16Cl2N2O4S. The molecule has 6 nitrogen and oxygen atoms in total. The number of sulfonamides is 1. The SMILES string of the molecule is CC(=O)Nc1ccc(S(=O)(=O)Nc2ccc(Cl)cc2C(=O)c2ccccc2)cc1Cl. The average Bonchev–Trinajstić information content (AvgIpc) is 2.70. The molecule has 9 heteroatoms. The Labute approximate surface area is 183 Å². The third-order valence-corrected chi connectivity index (χ3v) is 5.98. The molecule has 3 aromatic rings. The van der Waals surface area contributed by atoms with Crippen molar-refractivity contribution in [3.8, 4) is 0 Å². The van der Waals surface area contributed by atoms with Crippen molar-refractivity contribution in [3.05, 3.63) is 87.9 Å². The van der Waals surface area contributed by atoms with E-state index >= 15 is 0 Å². The fourth-order valence-electron chi connectivity index (χ4n) is 2.70. The lowest BCUT2D eigenvalue weighted by Gasteiger charge is -2.14. The molecule has 0 radical (unpaired) electrons. The average molecular weight is 463 g/mol. The summed E-state index contributed by atoms with van der Waals surface area (Å²) in [6.45, 7) is 1.31. The molecule has 0 fully saturated rings. The number of benzene rings is 3. The first-order valence-electron chi connectivity index (χ1n) is 8.66. The molecule has 3 aromatic carbocycles. The standard InChI is InChI=1S/C21H16Cl2N2O4S/c1-13(26)24-20-10-8-16(12-18(20)23)30(28,29)25-19-9-7-15(22)11-17(19)21(27)14-5-3-2-4-6-14/h2-12,25H,1H3,(H,24,26). The van der Waals surface area contributed by atoms with Crippen LogP contribution in [0.5, 0.6) is 0 Å². The van der Waals surface area contributed by atoms with Crippen LogP contribution < -0.4 is 10.0 Å². The molecule has 0 unspecified atom stereocenters. The maximum Gasteiger partial charge on any atom is 0.261 e. The summed E-state index contributed by atoms with van der Waals surface area (Å²) in [5.41, 5.74) is 0.867. The number of nitrogens with one attached hydrogen (secondary N) is 2. The third kappa shape index (κ3) is 4.99. The van der Waals surface area contributed by atoms with Gasteiger partial charge in [0.15, 0.2) is 5.78 Å². The number of halogens is 2. The number of anilines is 2. The molecule has 0 aliphatic carbocycles. The van der Waals surface area contributed by atoms with Gasteiger partial charge in [0.1, 0.15) is 0 Å². The first-order chi connectivity index (χ1) is 14.2. The number of carbonyl (C=O) groups excluding carboxylic acids is 2. The van der Waals surface area contributed by atoms with Crippen LogP contribution in [-0.4, -0.2) is 20.1 Å². The Kier molecular flexibility index (Phi) is 6.45. The van der Waals surface area contributed by atoms with E-state index in [1.54, 1.807) is 30.3 Å². The lowest BCUT2D eigenvalue weighted by Crippen LogP contribution is -2.16. The highest BCUT2D eigenvalue weighted by atomic mass is 35.5. The van der Waals surface area contributed by atoms with E-state index in [0.717, 1.165) is 0 Å². The van der Waals surface area contributed by atoms with Gasteiger partial charge >= 0.3 is 0 Å². The molecule has 30 heavy (non-hydrogen) atoms. The number of amides is 1. The second kappa shape index (κ2) is 8.87. The van der Waals surface area contributed by atoms with Crippen LogP contribution >= 0.6 is 23.2 Å². The predicted octanol–water partition coefficient (Wildman–Crippen LogP) is 4.98. The highest BCUT2D eigenvalue weighted by molar-refractivity contribution is 7.92. The van der Waals surface area contributed by atoms with Crippen LogP contribution in [0.15, 0.2) is 71.6 Å². The van der Waals surface area contributed by atoms with Gasteiger partial charge in [0.25, 0.3) is 10.0 Å². The summed E-state index contributed by atoms with van der Waals surface area (Å²) in [6, 6.07) is 16.6. The summed E-state index contributed by atoms with van der Waals surface area (Å²) in [7, 11) is -4.07. The predicted molar refractivity (Wildman–Crippen MR) is 118 cm³/mol. The minimum atomic E-state index is -4.07. The van der Waals surface area contributed by atoms with Crippen molar-refractivity contribution in [2.75, 3.05) is 10.0 Å². The Morgan fingerprint density at radius 3 is 2.17 bits per heavy atom. The van der Waals surface area contributed by atoms with Gasteiger partial charge in [-0.2, -0.15) is 0 Å². The number of carbonyl (C=O) groups is 2. The highest BCUT2D eigenvalue weighted by Gasteiger charge is 2.21. The van der Waals surface area contributed by atoms with Gasteiger partial charge < -0.3 is 5.32 Å². The molecule has 0 heterocycles. The molecule has 0 bridgehead atoms. The zero-order valence-corrected chi connectivity index (χ0v) is 18.0. The van der Waals surface area contributed by atoms with Gasteiger partial charge in [-0.25, -0.2) is 8.42 Å². The van der Waals surface area contributed by atoms with Crippen LogP contribution in [0.2, 0.25) is 10.0 Å². The van der Waals surface area contributed by atoms with Crippen molar-refractivity contribution in [2.45, 2.75) is 11.8 Å². The number of hydrogen-bond acceptors (Lipinski definition) is 4. The fraction of sp³-hybridized carbons (Fsp3) is 0.0476. The topological polar surface area (TPSA) is 92.3 Å². The van der Waals surface area contributed by atoms with E-state index in [0.29, 0.717) is 10.6 Å². The molecule has 2 N–H and O–H groups in total. The van der Waals surface area contributed by atoms with Gasteiger partial charge in [-0.05, 0) is 36.4 Å². The Balaban J connectivity index is 1.97. The summed E-state index contributed by atoms with van der Waals surface area (Å²) in [4.78, 5) is 23.9. The second-order valence-corrected chi connectivity index (χ2v) is 8.84. The Bertz CT molecular complexity index is 1230. The first kappa shape index (κ1) is 21.8. The number of hydrogen-bond donors (Lipinski definition) is 2. The van der Waals surface area contributed by atoms with Crippen molar-refractivity contribution in [1.29, 1.82) is 0 Å². The van der Waals surface area contributed by atoms with Crippen molar-refractivity contribution in [2.24, 2.45) is 0 Å². The highest BCUT2D eigenvalue weighted by Crippen LogP contribution is 2.29. The lowest BCUT2D eigenvalue weighted by molar-refractivity contribution is -0.114. The Hall–Kier alpha value is -2.87. The Morgan fingerprint density at radius 1 is 0.867 bits per heavy atom. The van der Waals surface area contributed by atoms with E-state index in [-0.39, 0.29) is 38.5 Å². The van der Waals surface area contributed by atoms with E-state index in [2.05, 4.69) is 10.0 Å². The fourth-order valence-corrected chi connectivity index (χ4v) is 4.27. The maximum atomic E-state index is 12.9. The summed E-state index contributed by atoms with van der Waals surface area (Å²) in [6.07, 6.45) is 0. The summed E-state index contributed by atoms with van der Waals surface area (Å²) >= 11 is 12.1. The molecule has 0 saturated carbocycles. The van der Waals surface area contributed by atoms with E-state index in [1.807, 2.05) is 0 Å².